The second-order valence-corrected chi connectivity index (χ2v) is 8.26. The smallest absolute Gasteiger partial charge is 0.238 e. The van der Waals surface area contributed by atoms with Gasteiger partial charge in [0.2, 0.25) is 11.0 Å². The molecule has 2 aromatic heterocycles. The van der Waals surface area contributed by atoms with E-state index in [0.717, 1.165) is 16.0 Å². The number of pyridine rings is 1. The number of rotatable bonds is 7. The van der Waals surface area contributed by atoms with E-state index in [4.69, 9.17) is 11.6 Å². The number of hydrogen-bond donors (Lipinski definition) is 2. The Kier molecular flexibility index (Phi) is 6.61. The molecule has 0 aliphatic heterocycles. The largest absolute Gasteiger partial charge is 0.360 e. The minimum absolute atomic E-state index is 0.142. The maximum atomic E-state index is 12.2. The van der Waals surface area contributed by atoms with E-state index in [1.165, 1.54) is 29.3 Å². The first-order valence-electron chi connectivity index (χ1n) is 7.10. The average molecular weight is 372 g/mol. The van der Waals surface area contributed by atoms with Gasteiger partial charge < -0.3 is 10.6 Å². The number of hydrogen-bond acceptors (Lipinski definition) is 7. The summed E-state index contributed by atoms with van der Waals surface area (Å²) in [5.74, 6) is 0.867. The maximum absolute atomic E-state index is 12.2. The summed E-state index contributed by atoms with van der Waals surface area (Å²) in [6, 6.07) is 3.34. The first-order valence-corrected chi connectivity index (χ1v) is 9.18. The molecule has 9 heteroatoms. The lowest BCUT2D eigenvalue weighted by Gasteiger charge is -2.09. The molecule has 0 bridgehead atoms. The molecule has 2 rings (SSSR count). The molecule has 0 radical (unpaired) electrons. The van der Waals surface area contributed by atoms with E-state index in [1.807, 2.05) is 6.92 Å². The van der Waals surface area contributed by atoms with Gasteiger partial charge in [0.1, 0.15) is 5.82 Å². The van der Waals surface area contributed by atoms with Crippen LogP contribution in [0.2, 0.25) is 5.02 Å². The second kappa shape index (κ2) is 8.47. The van der Waals surface area contributed by atoms with Gasteiger partial charge in [-0.25, -0.2) is 4.98 Å². The van der Waals surface area contributed by atoms with Crippen LogP contribution in [0.1, 0.15) is 20.8 Å². The van der Waals surface area contributed by atoms with Gasteiger partial charge in [-0.05, 0) is 25.0 Å². The summed E-state index contributed by atoms with van der Waals surface area (Å²) in [5, 5.41) is 15.1. The molecule has 0 unspecified atom stereocenters. The summed E-state index contributed by atoms with van der Waals surface area (Å²) in [4.78, 5) is 16.2. The molecular weight excluding hydrogens is 354 g/mol. The van der Waals surface area contributed by atoms with Gasteiger partial charge in [-0.3, -0.25) is 4.79 Å². The Morgan fingerprint density at radius 1 is 1.35 bits per heavy atom. The molecule has 2 heterocycles. The van der Waals surface area contributed by atoms with Crippen molar-refractivity contribution in [3.63, 3.8) is 0 Å². The molecule has 1 atom stereocenters. The standard InChI is InChI=1S/C14H18ClN5OS2/c1-8(2)6-17-13-19-20-14(23-13)22-9(3)12(21)18-11-5-4-10(15)7-16-11/h4-5,7-9H,6H2,1-3H3,(H,17,19)(H,16,18,21)/t9-/m0/s1. The highest BCUT2D eigenvalue weighted by Gasteiger charge is 2.17. The van der Waals surface area contributed by atoms with Gasteiger partial charge >= 0.3 is 0 Å². The van der Waals surface area contributed by atoms with E-state index in [1.54, 1.807) is 12.1 Å². The molecule has 0 fully saturated rings. The Hall–Kier alpha value is -1.38. The van der Waals surface area contributed by atoms with Crippen LogP contribution in [0.5, 0.6) is 0 Å². The van der Waals surface area contributed by atoms with E-state index < -0.39 is 0 Å². The molecule has 124 valence electrons. The Labute approximate surface area is 148 Å². The number of carbonyl (C=O) groups excluding carboxylic acids is 1. The molecule has 23 heavy (non-hydrogen) atoms. The lowest BCUT2D eigenvalue weighted by atomic mass is 10.2. The lowest BCUT2D eigenvalue weighted by Crippen LogP contribution is -2.22. The molecule has 2 aromatic rings. The van der Waals surface area contributed by atoms with Gasteiger partial charge in [0.05, 0.1) is 10.3 Å². The topological polar surface area (TPSA) is 79.8 Å². The van der Waals surface area contributed by atoms with Crippen LogP contribution in [0.25, 0.3) is 0 Å². The van der Waals surface area contributed by atoms with Crippen LogP contribution in [-0.2, 0) is 4.79 Å². The van der Waals surface area contributed by atoms with Crippen molar-refractivity contribution in [2.45, 2.75) is 30.4 Å². The molecule has 0 saturated carbocycles. The van der Waals surface area contributed by atoms with Crippen LogP contribution in [0.15, 0.2) is 22.7 Å². The molecule has 0 spiro atoms. The Morgan fingerprint density at radius 3 is 2.78 bits per heavy atom. The van der Waals surface area contributed by atoms with Gasteiger partial charge in [-0.2, -0.15) is 0 Å². The Bertz CT molecular complexity index is 647. The average Bonchev–Trinajstić information content (AvgIpc) is 2.95. The molecule has 0 aromatic carbocycles. The molecule has 0 aliphatic carbocycles. The predicted molar refractivity (Wildman–Crippen MR) is 96.4 cm³/mol. The van der Waals surface area contributed by atoms with Crippen molar-refractivity contribution in [3.05, 3.63) is 23.4 Å². The number of anilines is 2. The third-order valence-electron chi connectivity index (χ3n) is 2.69. The molecule has 6 nitrogen and oxygen atoms in total. The van der Waals surface area contributed by atoms with Crippen molar-refractivity contribution in [3.8, 4) is 0 Å². The number of nitrogens with zero attached hydrogens (tertiary/aromatic N) is 3. The fourth-order valence-electron chi connectivity index (χ4n) is 1.50. The Balaban J connectivity index is 1.86. The molecule has 1 amide bonds. The van der Waals surface area contributed by atoms with Crippen molar-refractivity contribution >= 4 is 51.6 Å². The normalized spacial score (nSPS) is 12.2. The van der Waals surface area contributed by atoms with Crippen LogP contribution >= 0.6 is 34.7 Å². The monoisotopic (exact) mass is 371 g/mol. The Morgan fingerprint density at radius 2 is 2.13 bits per heavy atom. The van der Waals surface area contributed by atoms with Crippen LogP contribution in [0.3, 0.4) is 0 Å². The summed E-state index contributed by atoms with van der Waals surface area (Å²) in [6.45, 7) is 6.91. The van der Waals surface area contributed by atoms with Crippen LogP contribution in [0, 0.1) is 5.92 Å². The minimum atomic E-state index is -0.307. The van der Waals surface area contributed by atoms with E-state index in [2.05, 4.69) is 39.7 Å². The van der Waals surface area contributed by atoms with E-state index in [-0.39, 0.29) is 11.2 Å². The fraction of sp³-hybridized carbons (Fsp3) is 0.429. The van der Waals surface area contributed by atoms with Crippen molar-refractivity contribution in [2.24, 2.45) is 5.92 Å². The first-order chi connectivity index (χ1) is 10.9. The molecule has 0 aliphatic rings. The highest BCUT2D eigenvalue weighted by atomic mass is 35.5. The van der Waals surface area contributed by atoms with Gasteiger partial charge in [-0.15, -0.1) is 10.2 Å². The lowest BCUT2D eigenvalue weighted by molar-refractivity contribution is -0.115. The van der Waals surface area contributed by atoms with E-state index >= 15 is 0 Å². The van der Waals surface area contributed by atoms with Crippen LogP contribution in [0.4, 0.5) is 10.9 Å². The van der Waals surface area contributed by atoms with Crippen LogP contribution < -0.4 is 10.6 Å². The summed E-state index contributed by atoms with van der Waals surface area (Å²) in [7, 11) is 0. The first kappa shape index (κ1) is 18.0. The summed E-state index contributed by atoms with van der Waals surface area (Å²) in [5.41, 5.74) is 0. The number of amides is 1. The third-order valence-corrected chi connectivity index (χ3v) is 4.98. The van der Waals surface area contributed by atoms with Gasteiger partial charge in [-0.1, -0.05) is 48.5 Å². The number of thioether (sulfide) groups is 1. The molecule has 2 N–H and O–H groups in total. The van der Waals surface area contributed by atoms with E-state index in [0.29, 0.717) is 16.8 Å². The third kappa shape index (κ3) is 5.96. The second-order valence-electron chi connectivity index (χ2n) is 5.26. The van der Waals surface area contributed by atoms with Crippen molar-refractivity contribution in [2.75, 3.05) is 17.2 Å². The van der Waals surface area contributed by atoms with Crippen molar-refractivity contribution < 1.29 is 4.79 Å². The van der Waals surface area contributed by atoms with Crippen LogP contribution in [-0.4, -0.2) is 32.9 Å². The SMILES string of the molecule is CC(C)CNc1nnc(S[C@@H](C)C(=O)Nc2ccc(Cl)cn2)s1. The minimum Gasteiger partial charge on any atom is -0.360 e. The van der Waals surface area contributed by atoms with Crippen molar-refractivity contribution in [1.29, 1.82) is 0 Å². The summed E-state index contributed by atoms with van der Waals surface area (Å²) >= 11 is 8.58. The maximum Gasteiger partial charge on any atom is 0.238 e. The zero-order chi connectivity index (χ0) is 16.8. The zero-order valence-electron chi connectivity index (χ0n) is 13.0. The zero-order valence-corrected chi connectivity index (χ0v) is 15.4. The highest BCUT2D eigenvalue weighted by Crippen LogP contribution is 2.29. The predicted octanol–water partition coefficient (Wildman–Crippen LogP) is 3.77. The molecular formula is C14H18ClN5OS2. The van der Waals surface area contributed by atoms with Gasteiger partial charge in [0.15, 0.2) is 4.34 Å². The van der Waals surface area contributed by atoms with E-state index in [9.17, 15) is 4.79 Å². The fourth-order valence-corrected chi connectivity index (χ4v) is 3.52. The number of nitrogens with one attached hydrogen (secondary N) is 2. The number of carbonyl (C=O) groups is 1. The quantitative estimate of drug-likeness (QED) is 0.721. The van der Waals surface area contributed by atoms with Gasteiger partial charge in [0.25, 0.3) is 0 Å². The number of aromatic nitrogens is 3. The van der Waals surface area contributed by atoms with Gasteiger partial charge in [0, 0.05) is 12.7 Å². The summed E-state index contributed by atoms with van der Waals surface area (Å²) in [6.07, 6.45) is 1.49. The number of halogens is 1. The summed E-state index contributed by atoms with van der Waals surface area (Å²) < 4.78 is 0.753. The molecule has 0 saturated heterocycles. The van der Waals surface area contributed by atoms with Crippen molar-refractivity contribution in [1.82, 2.24) is 15.2 Å². The highest BCUT2D eigenvalue weighted by molar-refractivity contribution is 8.02.